The van der Waals surface area contributed by atoms with Gasteiger partial charge in [0.25, 0.3) is 0 Å². The predicted molar refractivity (Wildman–Crippen MR) is 65.7 cm³/mol. The Hall–Kier alpha value is -0.790. The standard InChI is InChI=1S/C13H25NO/c1-5-7-10-13(3,9-6-2)11-8-12(15)14-4/h8,11H,5-7,9-10H2,1-4H3,(H,14,15)/b11-8+. The van der Waals surface area contributed by atoms with Crippen molar-refractivity contribution in [3.8, 4) is 0 Å². The summed E-state index contributed by atoms with van der Waals surface area (Å²) in [5, 5.41) is 2.61. The van der Waals surface area contributed by atoms with Crippen molar-refractivity contribution >= 4 is 5.91 Å². The lowest BCUT2D eigenvalue weighted by Gasteiger charge is -2.25. The van der Waals surface area contributed by atoms with Crippen LogP contribution in [0.15, 0.2) is 12.2 Å². The van der Waals surface area contributed by atoms with Crippen molar-refractivity contribution in [2.75, 3.05) is 7.05 Å². The van der Waals surface area contributed by atoms with Gasteiger partial charge in [0.2, 0.25) is 5.91 Å². The second-order valence-electron chi connectivity index (χ2n) is 4.46. The fraction of sp³-hybridized carbons (Fsp3) is 0.769. The zero-order valence-corrected chi connectivity index (χ0v) is 10.6. The first kappa shape index (κ1) is 14.2. The zero-order valence-electron chi connectivity index (χ0n) is 10.6. The van der Waals surface area contributed by atoms with E-state index in [9.17, 15) is 4.79 Å². The van der Waals surface area contributed by atoms with E-state index < -0.39 is 0 Å². The van der Waals surface area contributed by atoms with Crippen molar-refractivity contribution < 1.29 is 4.79 Å². The third-order valence-corrected chi connectivity index (χ3v) is 2.81. The minimum Gasteiger partial charge on any atom is -0.356 e. The van der Waals surface area contributed by atoms with Crippen molar-refractivity contribution in [3.05, 3.63) is 12.2 Å². The Morgan fingerprint density at radius 1 is 1.27 bits per heavy atom. The molecular formula is C13H25NO. The molecule has 0 bridgehead atoms. The molecule has 1 amide bonds. The lowest BCUT2D eigenvalue weighted by Crippen LogP contribution is -2.18. The van der Waals surface area contributed by atoms with E-state index in [1.54, 1.807) is 13.1 Å². The summed E-state index contributed by atoms with van der Waals surface area (Å²) in [6.45, 7) is 6.64. The molecule has 0 aliphatic heterocycles. The van der Waals surface area contributed by atoms with E-state index in [-0.39, 0.29) is 11.3 Å². The van der Waals surface area contributed by atoms with E-state index in [4.69, 9.17) is 0 Å². The highest BCUT2D eigenvalue weighted by Gasteiger charge is 2.19. The maximum Gasteiger partial charge on any atom is 0.243 e. The third-order valence-electron chi connectivity index (χ3n) is 2.81. The number of amides is 1. The van der Waals surface area contributed by atoms with Gasteiger partial charge in [0.15, 0.2) is 0 Å². The van der Waals surface area contributed by atoms with Crippen LogP contribution >= 0.6 is 0 Å². The topological polar surface area (TPSA) is 29.1 Å². The first-order chi connectivity index (χ1) is 7.08. The first-order valence-corrected chi connectivity index (χ1v) is 5.99. The van der Waals surface area contributed by atoms with Gasteiger partial charge in [-0.2, -0.15) is 0 Å². The van der Waals surface area contributed by atoms with Crippen LogP contribution in [0.25, 0.3) is 0 Å². The summed E-state index contributed by atoms with van der Waals surface area (Å²) in [7, 11) is 1.66. The Bertz CT molecular complexity index is 211. The maximum absolute atomic E-state index is 11.1. The molecule has 0 aromatic heterocycles. The highest BCUT2D eigenvalue weighted by molar-refractivity contribution is 5.87. The predicted octanol–water partition coefficient (Wildman–Crippen LogP) is 3.29. The van der Waals surface area contributed by atoms with Gasteiger partial charge >= 0.3 is 0 Å². The van der Waals surface area contributed by atoms with Gasteiger partial charge in [-0.15, -0.1) is 0 Å². The summed E-state index contributed by atoms with van der Waals surface area (Å²) in [5.41, 5.74) is 0.192. The average molecular weight is 211 g/mol. The third kappa shape index (κ3) is 6.32. The quantitative estimate of drug-likeness (QED) is 0.643. The lowest BCUT2D eigenvalue weighted by atomic mass is 9.80. The fourth-order valence-corrected chi connectivity index (χ4v) is 1.80. The summed E-state index contributed by atoms with van der Waals surface area (Å²) in [5.74, 6) is -0.00572. The number of rotatable bonds is 7. The molecular weight excluding hydrogens is 186 g/mol. The summed E-state index contributed by atoms with van der Waals surface area (Å²) >= 11 is 0. The van der Waals surface area contributed by atoms with Gasteiger partial charge in [0, 0.05) is 7.05 Å². The van der Waals surface area contributed by atoms with Gasteiger partial charge in [-0.1, -0.05) is 46.1 Å². The van der Waals surface area contributed by atoms with Crippen molar-refractivity contribution in [2.24, 2.45) is 5.41 Å². The van der Waals surface area contributed by atoms with E-state index >= 15 is 0 Å². The van der Waals surface area contributed by atoms with Gasteiger partial charge in [-0.05, 0) is 24.3 Å². The Morgan fingerprint density at radius 2 is 1.93 bits per heavy atom. The number of unbranched alkanes of at least 4 members (excludes halogenated alkanes) is 1. The van der Waals surface area contributed by atoms with Crippen molar-refractivity contribution in [1.29, 1.82) is 0 Å². The smallest absolute Gasteiger partial charge is 0.243 e. The average Bonchev–Trinajstić information content (AvgIpc) is 2.24. The Morgan fingerprint density at radius 3 is 2.40 bits per heavy atom. The van der Waals surface area contributed by atoms with Gasteiger partial charge < -0.3 is 5.32 Å². The van der Waals surface area contributed by atoms with E-state index in [2.05, 4.69) is 32.2 Å². The molecule has 0 radical (unpaired) electrons. The van der Waals surface area contributed by atoms with Gasteiger partial charge in [0.1, 0.15) is 0 Å². The molecule has 0 aromatic carbocycles. The molecule has 0 aliphatic carbocycles. The molecule has 15 heavy (non-hydrogen) atoms. The number of nitrogens with one attached hydrogen (secondary N) is 1. The number of likely N-dealkylation sites (N-methyl/N-ethyl adjacent to an activating group) is 1. The van der Waals surface area contributed by atoms with Crippen LogP contribution in [0.3, 0.4) is 0 Å². The van der Waals surface area contributed by atoms with Gasteiger partial charge in [-0.25, -0.2) is 0 Å². The molecule has 0 aromatic rings. The normalized spacial score (nSPS) is 15.2. The van der Waals surface area contributed by atoms with Crippen LogP contribution in [0, 0.1) is 5.41 Å². The lowest BCUT2D eigenvalue weighted by molar-refractivity contribution is -0.116. The van der Waals surface area contributed by atoms with Crippen LogP contribution in [0.2, 0.25) is 0 Å². The summed E-state index contributed by atoms with van der Waals surface area (Å²) < 4.78 is 0. The SMILES string of the molecule is CCCCC(C)(/C=C/C(=O)NC)CCC. The van der Waals surface area contributed by atoms with Crippen LogP contribution in [0.1, 0.15) is 52.9 Å². The molecule has 2 heteroatoms. The van der Waals surface area contributed by atoms with Crippen molar-refractivity contribution in [3.63, 3.8) is 0 Å². The molecule has 0 aliphatic rings. The minimum absolute atomic E-state index is 0.00572. The second kappa shape index (κ2) is 7.49. The highest BCUT2D eigenvalue weighted by Crippen LogP contribution is 2.31. The molecule has 88 valence electrons. The van der Waals surface area contributed by atoms with E-state index in [0.29, 0.717) is 0 Å². The molecule has 0 saturated carbocycles. The number of carbonyl (C=O) groups excluding carboxylic acids is 1. The molecule has 2 nitrogen and oxygen atoms in total. The van der Waals surface area contributed by atoms with E-state index in [1.807, 2.05) is 0 Å². The molecule has 0 spiro atoms. The molecule has 0 rings (SSSR count). The summed E-state index contributed by atoms with van der Waals surface area (Å²) in [6, 6.07) is 0. The monoisotopic (exact) mass is 211 g/mol. The Labute approximate surface area is 94.1 Å². The maximum atomic E-state index is 11.1. The first-order valence-electron chi connectivity index (χ1n) is 5.99. The molecule has 0 fully saturated rings. The number of hydrogen-bond acceptors (Lipinski definition) is 1. The van der Waals surface area contributed by atoms with Crippen LogP contribution in [-0.4, -0.2) is 13.0 Å². The van der Waals surface area contributed by atoms with Crippen LogP contribution in [0.4, 0.5) is 0 Å². The minimum atomic E-state index is -0.00572. The summed E-state index contributed by atoms with van der Waals surface area (Å²) in [6.07, 6.45) is 9.68. The zero-order chi connectivity index (χ0) is 11.7. The molecule has 1 atom stereocenters. The fourth-order valence-electron chi connectivity index (χ4n) is 1.80. The Kier molecular flexibility index (Phi) is 7.10. The molecule has 1 N–H and O–H groups in total. The van der Waals surface area contributed by atoms with Gasteiger partial charge in [-0.3, -0.25) is 4.79 Å². The molecule has 1 unspecified atom stereocenters. The van der Waals surface area contributed by atoms with Crippen molar-refractivity contribution in [1.82, 2.24) is 5.32 Å². The number of hydrogen-bond donors (Lipinski definition) is 1. The summed E-state index contributed by atoms with van der Waals surface area (Å²) in [4.78, 5) is 11.1. The second-order valence-corrected chi connectivity index (χ2v) is 4.46. The number of allylic oxidation sites excluding steroid dienone is 1. The number of carbonyl (C=O) groups is 1. The van der Waals surface area contributed by atoms with Crippen LogP contribution in [-0.2, 0) is 4.79 Å². The Balaban J connectivity index is 4.34. The van der Waals surface area contributed by atoms with Crippen molar-refractivity contribution in [2.45, 2.75) is 52.9 Å². The molecule has 0 saturated heterocycles. The van der Waals surface area contributed by atoms with E-state index in [0.717, 1.165) is 12.8 Å². The molecule has 0 heterocycles. The largest absolute Gasteiger partial charge is 0.356 e. The van der Waals surface area contributed by atoms with E-state index in [1.165, 1.54) is 19.3 Å². The van der Waals surface area contributed by atoms with Gasteiger partial charge in [0.05, 0.1) is 0 Å². The van der Waals surface area contributed by atoms with Crippen LogP contribution < -0.4 is 5.32 Å². The van der Waals surface area contributed by atoms with Crippen LogP contribution in [0.5, 0.6) is 0 Å². The highest BCUT2D eigenvalue weighted by atomic mass is 16.1.